The lowest BCUT2D eigenvalue weighted by molar-refractivity contribution is 0.393. The van der Waals surface area contributed by atoms with Gasteiger partial charge in [-0.15, -0.1) is 0 Å². The molecule has 40 heavy (non-hydrogen) atoms. The van der Waals surface area contributed by atoms with E-state index in [1.54, 1.807) is 37.2 Å². The van der Waals surface area contributed by atoms with Gasteiger partial charge in [-0.1, -0.05) is 24.3 Å². The highest BCUT2D eigenvalue weighted by molar-refractivity contribution is 5.94. The van der Waals surface area contributed by atoms with Gasteiger partial charge in [-0.05, 0) is 83.1 Å². The Kier molecular flexibility index (Phi) is 6.56. The SMILES string of the molecule is COc1cc(Cn2cnc3c(-c4ccc(F)cc4C)cc(Cn4ccc5ccccc54)cc3c2=O)cc(OC)c1. The number of hydrogen-bond acceptors (Lipinski definition) is 4. The molecule has 0 amide bonds. The molecule has 0 aliphatic carbocycles. The molecule has 200 valence electrons. The van der Waals surface area contributed by atoms with Crippen LogP contribution in [0.4, 0.5) is 4.39 Å². The number of benzene rings is 4. The van der Waals surface area contributed by atoms with Crippen LogP contribution in [-0.2, 0) is 13.1 Å². The predicted octanol–water partition coefficient (Wildman–Crippen LogP) is 6.58. The first-order chi connectivity index (χ1) is 19.4. The first kappa shape index (κ1) is 25.4. The van der Waals surface area contributed by atoms with E-state index >= 15 is 0 Å². The van der Waals surface area contributed by atoms with E-state index in [0.29, 0.717) is 35.5 Å². The Morgan fingerprint density at radius 1 is 0.800 bits per heavy atom. The van der Waals surface area contributed by atoms with Gasteiger partial charge in [0.05, 0.1) is 38.0 Å². The maximum absolute atomic E-state index is 14.0. The van der Waals surface area contributed by atoms with Crippen molar-refractivity contribution in [2.75, 3.05) is 14.2 Å². The predicted molar refractivity (Wildman–Crippen MR) is 156 cm³/mol. The van der Waals surface area contributed by atoms with E-state index in [-0.39, 0.29) is 11.4 Å². The van der Waals surface area contributed by atoms with Crippen LogP contribution in [0.1, 0.15) is 16.7 Å². The number of halogens is 1. The minimum atomic E-state index is -0.301. The van der Waals surface area contributed by atoms with E-state index in [2.05, 4.69) is 35.0 Å². The minimum absolute atomic E-state index is 0.160. The Morgan fingerprint density at radius 2 is 1.52 bits per heavy atom. The molecule has 2 heterocycles. The van der Waals surface area contributed by atoms with Gasteiger partial charge in [0, 0.05) is 29.9 Å². The molecule has 0 aliphatic rings. The van der Waals surface area contributed by atoms with Crippen LogP contribution in [-0.4, -0.2) is 28.3 Å². The topological polar surface area (TPSA) is 58.3 Å². The lowest BCUT2D eigenvalue weighted by Gasteiger charge is -2.15. The molecule has 0 spiro atoms. The molecule has 0 unspecified atom stereocenters. The molecule has 0 radical (unpaired) electrons. The van der Waals surface area contributed by atoms with E-state index in [1.165, 1.54) is 12.1 Å². The van der Waals surface area contributed by atoms with Gasteiger partial charge in [-0.2, -0.15) is 0 Å². The van der Waals surface area contributed by atoms with Gasteiger partial charge in [-0.25, -0.2) is 9.37 Å². The molecule has 0 N–H and O–H groups in total. The van der Waals surface area contributed by atoms with Crippen LogP contribution in [0.5, 0.6) is 11.5 Å². The summed E-state index contributed by atoms with van der Waals surface area (Å²) in [4.78, 5) is 18.7. The second-order valence-corrected chi connectivity index (χ2v) is 9.90. The summed E-state index contributed by atoms with van der Waals surface area (Å²) < 4.78 is 28.6. The van der Waals surface area contributed by atoms with Crippen LogP contribution in [0.3, 0.4) is 0 Å². The number of ether oxygens (including phenoxy) is 2. The number of fused-ring (bicyclic) bond motifs is 2. The van der Waals surface area contributed by atoms with Crippen LogP contribution >= 0.6 is 0 Å². The van der Waals surface area contributed by atoms with Crippen molar-refractivity contribution < 1.29 is 13.9 Å². The van der Waals surface area contributed by atoms with Crippen LogP contribution in [0.2, 0.25) is 0 Å². The van der Waals surface area contributed by atoms with Crippen LogP contribution in [0, 0.1) is 12.7 Å². The van der Waals surface area contributed by atoms with Crippen molar-refractivity contribution in [2.45, 2.75) is 20.0 Å². The van der Waals surface area contributed by atoms with Gasteiger partial charge >= 0.3 is 0 Å². The number of methoxy groups -OCH3 is 2. The Hall–Kier alpha value is -4.91. The molecule has 0 bridgehead atoms. The third-order valence-corrected chi connectivity index (χ3v) is 7.26. The van der Waals surface area contributed by atoms with Crippen molar-refractivity contribution in [3.8, 4) is 22.6 Å². The molecule has 6 aromatic rings. The summed E-state index contributed by atoms with van der Waals surface area (Å²) in [5.41, 5.74) is 5.75. The quantitative estimate of drug-likeness (QED) is 0.233. The number of para-hydroxylation sites is 1. The summed E-state index contributed by atoms with van der Waals surface area (Å²) in [6.07, 6.45) is 3.62. The van der Waals surface area contributed by atoms with Gasteiger partial charge in [0.15, 0.2) is 0 Å². The number of aryl methyl sites for hydroxylation is 1. The lowest BCUT2D eigenvalue weighted by atomic mass is 9.96. The van der Waals surface area contributed by atoms with Gasteiger partial charge in [0.1, 0.15) is 17.3 Å². The van der Waals surface area contributed by atoms with Crippen molar-refractivity contribution >= 4 is 21.8 Å². The monoisotopic (exact) mass is 533 g/mol. The van der Waals surface area contributed by atoms with E-state index in [0.717, 1.165) is 38.7 Å². The molecule has 6 rings (SSSR count). The third kappa shape index (κ3) is 4.71. The molecule has 0 aliphatic heterocycles. The first-order valence-electron chi connectivity index (χ1n) is 13.0. The Bertz CT molecular complexity index is 1920. The highest BCUT2D eigenvalue weighted by Gasteiger charge is 2.16. The summed E-state index contributed by atoms with van der Waals surface area (Å²) >= 11 is 0. The second-order valence-electron chi connectivity index (χ2n) is 9.90. The molecule has 0 saturated carbocycles. The third-order valence-electron chi connectivity index (χ3n) is 7.26. The smallest absolute Gasteiger partial charge is 0.261 e. The summed E-state index contributed by atoms with van der Waals surface area (Å²) in [6, 6.07) is 24.5. The number of nitrogens with zero attached hydrogens (tertiary/aromatic N) is 3. The number of hydrogen-bond donors (Lipinski definition) is 0. The summed E-state index contributed by atoms with van der Waals surface area (Å²) in [5, 5.41) is 1.65. The largest absolute Gasteiger partial charge is 0.497 e. The van der Waals surface area contributed by atoms with Crippen molar-refractivity contribution in [3.63, 3.8) is 0 Å². The van der Waals surface area contributed by atoms with Crippen molar-refractivity contribution in [3.05, 3.63) is 124 Å². The fraction of sp³-hybridized carbons (Fsp3) is 0.152. The number of rotatable bonds is 7. The molecule has 6 nitrogen and oxygen atoms in total. The molecule has 0 atom stereocenters. The van der Waals surface area contributed by atoms with Crippen molar-refractivity contribution in [1.82, 2.24) is 14.1 Å². The normalized spacial score (nSPS) is 11.3. The standard InChI is InChI=1S/C33H28FN3O3/c1-21-12-25(34)8-9-28(21)29-15-23(18-36-11-10-24-6-4-5-7-31(24)36)16-30-32(29)35-20-37(33(30)38)19-22-13-26(39-2)17-27(14-22)40-3/h4-17,20H,18-19H2,1-3H3. The van der Waals surface area contributed by atoms with Crippen LogP contribution in [0.15, 0.2) is 96.2 Å². The van der Waals surface area contributed by atoms with E-state index in [4.69, 9.17) is 14.5 Å². The molecule has 0 saturated heterocycles. The van der Waals surface area contributed by atoms with Gasteiger partial charge in [0.25, 0.3) is 5.56 Å². The first-order valence-corrected chi connectivity index (χ1v) is 13.0. The Labute approximate surface area is 230 Å². The molecule has 7 heteroatoms. The summed E-state index contributed by atoms with van der Waals surface area (Å²) in [5.74, 6) is 0.988. The summed E-state index contributed by atoms with van der Waals surface area (Å²) in [6.45, 7) is 2.73. The molecule has 2 aromatic heterocycles. The lowest BCUT2D eigenvalue weighted by Crippen LogP contribution is -2.21. The minimum Gasteiger partial charge on any atom is -0.497 e. The molecule has 0 fully saturated rings. The Morgan fingerprint density at radius 3 is 2.27 bits per heavy atom. The van der Waals surface area contributed by atoms with Gasteiger partial charge < -0.3 is 14.0 Å². The van der Waals surface area contributed by atoms with Crippen molar-refractivity contribution in [2.24, 2.45) is 0 Å². The fourth-order valence-electron chi connectivity index (χ4n) is 5.30. The van der Waals surface area contributed by atoms with Crippen LogP contribution < -0.4 is 15.0 Å². The molecule has 4 aromatic carbocycles. The molecular formula is C33H28FN3O3. The maximum atomic E-state index is 14.0. The fourth-order valence-corrected chi connectivity index (χ4v) is 5.30. The molecular weight excluding hydrogens is 505 g/mol. The highest BCUT2D eigenvalue weighted by atomic mass is 19.1. The zero-order valence-electron chi connectivity index (χ0n) is 22.5. The van der Waals surface area contributed by atoms with Crippen LogP contribution in [0.25, 0.3) is 32.9 Å². The Balaban J connectivity index is 1.51. The maximum Gasteiger partial charge on any atom is 0.261 e. The van der Waals surface area contributed by atoms with Gasteiger partial charge in [0.2, 0.25) is 0 Å². The zero-order valence-corrected chi connectivity index (χ0v) is 22.5. The zero-order chi connectivity index (χ0) is 27.8. The average Bonchev–Trinajstić information content (AvgIpc) is 3.37. The second kappa shape index (κ2) is 10.3. The van der Waals surface area contributed by atoms with E-state index in [9.17, 15) is 9.18 Å². The average molecular weight is 534 g/mol. The summed E-state index contributed by atoms with van der Waals surface area (Å²) in [7, 11) is 3.19. The van der Waals surface area contributed by atoms with Crippen molar-refractivity contribution in [1.29, 1.82) is 0 Å². The number of aromatic nitrogens is 3. The highest BCUT2D eigenvalue weighted by Crippen LogP contribution is 2.31. The van der Waals surface area contributed by atoms with E-state index in [1.807, 2.05) is 37.3 Å². The van der Waals surface area contributed by atoms with E-state index < -0.39 is 0 Å². The van der Waals surface area contributed by atoms with Gasteiger partial charge in [-0.3, -0.25) is 9.36 Å².